The van der Waals surface area contributed by atoms with Crippen molar-refractivity contribution in [3.05, 3.63) is 45.9 Å². The average Bonchev–Trinajstić information content (AvgIpc) is 2.99. The van der Waals surface area contributed by atoms with Crippen molar-refractivity contribution in [1.82, 2.24) is 10.3 Å². The molecule has 0 bridgehead atoms. The number of nitrogens with one attached hydrogen (secondary N) is 1. The molecule has 0 saturated carbocycles. The molecule has 25 heavy (non-hydrogen) atoms. The number of hydrogen-bond acceptors (Lipinski definition) is 4. The van der Waals surface area contributed by atoms with Gasteiger partial charge in [0.25, 0.3) is 0 Å². The van der Waals surface area contributed by atoms with Crippen LogP contribution in [-0.2, 0) is 17.8 Å². The lowest BCUT2D eigenvalue weighted by Crippen LogP contribution is -2.33. The number of carbonyl (C=O) groups excluding carboxylic acids is 1. The summed E-state index contributed by atoms with van der Waals surface area (Å²) in [4.78, 5) is 16.6. The summed E-state index contributed by atoms with van der Waals surface area (Å²) in [5.74, 6) is 1.53. The van der Waals surface area contributed by atoms with Gasteiger partial charge in [-0.15, -0.1) is 11.3 Å². The van der Waals surface area contributed by atoms with Gasteiger partial charge in [-0.2, -0.15) is 0 Å². The number of rotatable bonds is 9. The van der Waals surface area contributed by atoms with E-state index in [1.54, 1.807) is 0 Å². The van der Waals surface area contributed by atoms with Crippen molar-refractivity contribution in [3.63, 3.8) is 0 Å². The summed E-state index contributed by atoms with van der Waals surface area (Å²) in [7, 11) is 0. The summed E-state index contributed by atoms with van der Waals surface area (Å²) in [5.41, 5.74) is 2.01. The zero-order valence-electron chi connectivity index (χ0n) is 15.5. The van der Waals surface area contributed by atoms with Gasteiger partial charge in [0.05, 0.1) is 12.1 Å². The standard InChI is InChI=1S/C20H28N2O2S/c1-14(2)5-8-16(4)21-19(23)11-17-13-25-20(22-17)12-24-18-9-6-15(3)7-10-18/h6-7,9-10,13-14,16H,5,8,11-12H2,1-4H3,(H,21,23). The normalized spacial score (nSPS) is 12.2. The lowest BCUT2D eigenvalue weighted by Gasteiger charge is -2.14. The van der Waals surface area contributed by atoms with Crippen molar-refractivity contribution >= 4 is 17.2 Å². The topological polar surface area (TPSA) is 51.2 Å². The van der Waals surface area contributed by atoms with E-state index in [1.807, 2.05) is 36.6 Å². The lowest BCUT2D eigenvalue weighted by atomic mass is 10.0. The molecule has 0 aliphatic heterocycles. The first-order valence-corrected chi connectivity index (χ1v) is 9.72. The number of hydrogen-bond donors (Lipinski definition) is 1. The Bertz CT molecular complexity index is 665. The Morgan fingerprint density at radius 2 is 1.92 bits per heavy atom. The van der Waals surface area contributed by atoms with Crippen LogP contribution < -0.4 is 10.1 Å². The third kappa shape index (κ3) is 7.26. The average molecular weight is 361 g/mol. The fourth-order valence-corrected chi connectivity index (χ4v) is 3.13. The first-order valence-electron chi connectivity index (χ1n) is 8.84. The molecule has 1 unspecified atom stereocenters. The molecule has 0 fully saturated rings. The molecule has 136 valence electrons. The van der Waals surface area contributed by atoms with Crippen LogP contribution in [0.1, 0.15) is 49.9 Å². The van der Waals surface area contributed by atoms with Gasteiger partial charge in [0.15, 0.2) is 0 Å². The number of thiazole rings is 1. The van der Waals surface area contributed by atoms with E-state index in [-0.39, 0.29) is 11.9 Å². The smallest absolute Gasteiger partial charge is 0.226 e. The summed E-state index contributed by atoms with van der Waals surface area (Å²) >= 11 is 1.53. The number of aromatic nitrogens is 1. The van der Waals surface area contributed by atoms with Crippen LogP contribution in [0.5, 0.6) is 5.75 Å². The third-order valence-corrected chi connectivity index (χ3v) is 4.78. The number of ether oxygens (including phenoxy) is 1. The molecule has 1 heterocycles. The van der Waals surface area contributed by atoms with Crippen molar-refractivity contribution in [1.29, 1.82) is 0 Å². The van der Waals surface area contributed by atoms with Crippen molar-refractivity contribution in [3.8, 4) is 5.75 Å². The minimum absolute atomic E-state index is 0.0348. The van der Waals surface area contributed by atoms with Crippen molar-refractivity contribution in [2.24, 2.45) is 5.92 Å². The van der Waals surface area contributed by atoms with Crippen LogP contribution in [0.2, 0.25) is 0 Å². The molecule has 1 aromatic carbocycles. The molecule has 1 atom stereocenters. The first-order chi connectivity index (χ1) is 11.9. The fourth-order valence-electron chi connectivity index (χ4n) is 2.42. The summed E-state index contributed by atoms with van der Waals surface area (Å²) < 4.78 is 5.73. The van der Waals surface area contributed by atoms with Crippen LogP contribution in [0.4, 0.5) is 0 Å². The van der Waals surface area contributed by atoms with Crippen LogP contribution in [0, 0.1) is 12.8 Å². The van der Waals surface area contributed by atoms with Crippen LogP contribution in [-0.4, -0.2) is 16.9 Å². The number of carbonyl (C=O) groups is 1. The molecular formula is C20H28N2O2S. The zero-order chi connectivity index (χ0) is 18.2. The van der Waals surface area contributed by atoms with E-state index in [1.165, 1.54) is 16.9 Å². The van der Waals surface area contributed by atoms with Crippen molar-refractivity contribution < 1.29 is 9.53 Å². The minimum Gasteiger partial charge on any atom is -0.486 e. The van der Waals surface area contributed by atoms with Crippen LogP contribution in [0.15, 0.2) is 29.6 Å². The second kappa shape index (κ2) is 9.56. The van der Waals surface area contributed by atoms with E-state index in [9.17, 15) is 4.79 Å². The molecule has 0 saturated heterocycles. The van der Waals surface area contributed by atoms with E-state index in [0.717, 1.165) is 29.3 Å². The highest BCUT2D eigenvalue weighted by Crippen LogP contribution is 2.16. The Balaban J connectivity index is 1.76. The van der Waals surface area contributed by atoms with Gasteiger partial charge < -0.3 is 10.1 Å². The Morgan fingerprint density at radius 3 is 2.60 bits per heavy atom. The van der Waals surface area contributed by atoms with Gasteiger partial charge in [-0.1, -0.05) is 31.5 Å². The number of aryl methyl sites for hydroxylation is 1. The molecule has 0 aliphatic carbocycles. The van der Waals surface area contributed by atoms with Gasteiger partial charge in [0.1, 0.15) is 17.4 Å². The Hall–Kier alpha value is -1.88. The van der Waals surface area contributed by atoms with E-state index >= 15 is 0 Å². The Morgan fingerprint density at radius 1 is 1.20 bits per heavy atom. The highest BCUT2D eigenvalue weighted by Gasteiger charge is 2.11. The molecule has 1 N–H and O–H groups in total. The zero-order valence-corrected chi connectivity index (χ0v) is 16.4. The van der Waals surface area contributed by atoms with Gasteiger partial charge >= 0.3 is 0 Å². The van der Waals surface area contributed by atoms with Gasteiger partial charge in [-0.3, -0.25) is 4.79 Å². The monoisotopic (exact) mass is 360 g/mol. The maximum absolute atomic E-state index is 12.1. The predicted octanol–water partition coefficient (Wildman–Crippen LogP) is 4.51. The molecule has 0 radical (unpaired) electrons. The van der Waals surface area contributed by atoms with E-state index in [4.69, 9.17) is 4.74 Å². The van der Waals surface area contributed by atoms with Crippen molar-refractivity contribution in [2.45, 2.75) is 59.6 Å². The minimum atomic E-state index is 0.0348. The molecular weight excluding hydrogens is 332 g/mol. The van der Waals surface area contributed by atoms with Gasteiger partial charge in [-0.05, 0) is 44.7 Å². The molecule has 2 rings (SSSR count). The summed E-state index contributed by atoms with van der Waals surface area (Å²) in [6.45, 7) is 8.93. The maximum atomic E-state index is 12.1. The molecule has 2 aromatic rings. The number of nitrogens with zero attached hydrogens (tertiary/aromatic N) is 1. The van der Waals surface area contributed by atoms with Gasteiger partial charge in [-0.25, -0.2) is 4.98 Å². The first kappa shape index (κ1) is 19.4. The second-order valence-electron chi connectivity index (χ2n) is 6.95. The fraction of sp³-hybridized carbons (Fsp3) is 0.500. The quantitative estimate of drug-likeness (QED) is 0.715. The van der Waals surface area contributed by atoms with Gasteiger partial charge in [0, 0.05) is 11.4 Å². The summed E-state index contributed by atoms with van der Waals surface area (Å²) in [6.07, 6.45) is 2.46. The number of amides is 1. The van der Waals surface area contributed by atoms with Crippen LogP contribution in [0.25, 0.3) is 0 Å². The summed E-state index contributed by atoms with van der Waals surface area (Å²) in [6, 6.07) is 8.16. The molecule has 0 spiro atoms. The largest absolute Gasteiger partial charge is 0.486 e. The van der Waals surface area contributed by atoms with Gasteiger partial charge in [0.2, 0.25) is 5.91 Å². The molecule has 0 aliphatic rings. The molecule has 1 aromatic heterocycles. The highest BCUT2D eigenvalue weighted by atomic mass is 32.1. The van der Waals surface area contributed by atoms with E-state index in [0.29, 0.717) is 18.9 Å². The number of benzene rings is 1. The Labute approximate surface area is 154 Å². The second-order valence-corrected chi connectivity index (χ2v) is 7.89. The summed E-state index contributed by atoms with van der Waals surface area (Å²) in [5, 5.41) is 5.87. The molecule has 4 nitrogen and oxygen atoms in total. The SMILES string of the molecule is Cc1ccc(OCc2nc(CC(=O)NC(C)CCC(C)C)cs2)cc1. The predicted molar refractivity (Wildman–Crippen MR) is 103 cm³/mol. The van der Waals surface area contributed by atoms with Crippen LogP contribution >= 0.6 is 11.3 Å². The van der Waals surface area contributed by atoms with Crippen molar-refractivity contribution in [2.75, 3.05) is 0 Å². The lowest BCUT2D eigenvalue weighted by molar-refractivity contribution is -0.121. The Kier molecular flexibility index (Phi) is 7.44. The third-order valence-electron chi connectivity index (χ3n) is 3.91. The molecule has 1 amide bonds. The van der Waals surface area contributed by atoms with Crippen LogP contribution in [0.3, 0.4) is 0 Å². The van der Waals surface area contributed by atoms with E-state index < -0.39 is 0 Å². The maximum Gasteiger partial charge on any atom is 0.226 e. The molecule has 5 heteroatoms. The van der Waals surface area contributed by atoms with E-state index in [2.05, 4.69) is 31.1 Å². The highest BCUT2D eigenvalue weighted by molar-refractivity contribution is 7.09.